The Kier molecular flexibility index (Phi) is 3.21. The van der Waals surface area contributed by atoms with Crippen molar-refractivity contribution in [2.24, 2.45) is 0 Å². The largest absolute Gasteiger partial charge is 0.493 e. The fraction of sp³-hybridized carbons (Fsp3) is 0.286. The number of aromatic nitrogens is 1. The van der Waals surface area contributed by atoms with E-state index in [9.17, 15) is 4.79 Å². The average Bonchev–Trinajstić information content (AvgIpc) is 2.77. The molecule has 1 aliphatic rings. The minimum atomic E-state index is -0.348. The van der Waals surface area contributed by atoms with Gasteiger partial charge in [0.05, 0.1) is 18.9 Å². The van der Waals surface area contributed by atoms with Crippen LogP contribution in [0.5, 0.6) is 5.75 Å². The summed E-state index contributed by atoms with van der Waals surface area (Å²) in [5.41, 5.74) is 1.79. The maximum absolute atomic E-state index is 11.8. The first-order chi connectivity index (χ1) is 9.29. The second-order valence-electron chi connectivity index (χ2n) is 4.11. The van der Waals surface area contributed by atoms with Crippen molar-refractivity contribution >= 4 is 17.3 Å². The van der Waals surface area contributed by atoms with Gasteiger partial charge < -0.3 is 9.47 Å². The summed E-state index contributed by atoms with van der Waals surface area (Å²) in [6.07, 6.45) is 0.765. The summed E-state index contributed by atoms with van der Waals surface area (Å²) in [6, 6.07) is 7.77. The highest BCUT2D eigenvalue weighted by atomic mass is 32.1. The number of carbonyl (C=O) groups is 1. The van der Waals surface area contributed by atoms with Gasteiger partial charge in [0.1, 0.15) is 5.75 Å². The average molecular weight is 275 g/mol. The number of nitrogens with zero attached hydrogens (tertiary/aromatic N) is 1. The molecule has 5 heteroatoms. The van der Waals surface area contributed by atoms with Gasteiger partial charge in [-0.25, -0.2) is 9.78 Å². The van der Waals surface area contributed by atoms with Gasteiger partial charge >= 0.3 is 5.97 Å². The molecule has 0 bridgehead atoms. The van der Waals surface area contributed by atoms with Crippen LogP contribution in [0, 0.1) is 0 Å². The number of hydrogen-bond acceptors (Lipinski definition) is 5. The number of esters is 1. The zero-order valence-electron chi connectivity index (χ0n) is 10.5. The molecule has 4 nitrogen and oxygen atoms in total. The second-order valence-corrected chi connectivity index (χ2v) is 5.19. The third-order valence-electron chi connectivity index (χ3n) is 2.88. The van der Waals surface area contributed by atoms with E-state index >= 15 is 0 Å². The maximum Gasteiger partial charge on any atom is 0.367 e. The van der Waals surface area contributed by atoms with Crippen LogP contribution in [0.25, 0.3) is 11.3 Å². The number of rotatable bonds is 2. The highest BCUT2D eigenvalue weighted by molar-refractivity contribution is 7.14. The monoisotopic (exact) mass is 275 g/mol. The summed E-state index contributed by atoms with van der Waals surface area (Å²) >= 11 is 1.39. The quantitative estimate of drug-likeness (QED) is 0.791. The fourth-order valence-corrected chi connectivity index (χ4v) is 3.00. The van der Waals surface area contributed by atoms with Crippen molar-refractivity contribution in [1.82, 2.24) is 4.98 Å². The van der Waals surface area contributed by atoms with Crippen molar-refractivity contribution in [3.05, 3.63) is 34.2 Å². The molecule has 3 rings (SSSR count). The number of fused-ring (bicyclic) bond motifs is 3. The first-order valence-electron chi connectivity index (χ1n) is 6.18. The molecular formula is C14H13NO3S. The maximum atomic E-state index is 11.8. The van der Waals surface area contributed by atoms with Gasteiger partial charge in [0.25, 0.3) is 0 Å². The van der Waals surface area contributed by atoms with Crippen LogP contribution in [0.4, 0.5) is 0 Å². The third kappa shape index (κ3) is 2.21. The van der Waals surface area contributed by atoms with E-state index in [1.807, 2.05) is 24.3 Å². The van der Waals surface area contributed by atoms with Crippen LogP contribution in [-0.2, 0) is 11.2 Å². The van der Waals surface area contributed by atoms with Gasteiger partial charge in [0.15, 0.2) is 0 Å². The molecule has 0 fully saturated rings. The number of hydrogen-bond donors (Lipinski definition) is 0. The van der Waals surface area contributed by atoms with Gasteiger partial charge in [-0.15, -0.1) is 11.3 Å². The number of thiazole rings is 1. The molecule has 0 amide bonds. The predicted molar refractivity (Wildman–Crippen MR) is 72.7 cm³/mol. The first kappa shape index (κ1) is 12.2. The summed E-state index contributed by atoms with van der Waals surface area (Å²) in [5.74, 6) is 0.473. The van der Waals surface area contributed by atoms with E-state index in [1.54, 1.807) is 6.92 Å². The standard InChI is InChI=1S/C14H13NO3S/c1-2-17-14(16)13-15-12-9-5-3-4-6-10(9)18-8-7-11(12)19-13/h3-6H,2,7-8H2,1H3. The molecule has 0 saturated heterocycles. The van der Waals surface area contributed by atoms with Crippen molar-refractivity contribution in [3.8, 4) is 17.0 Å². The number of para-hydroxylation sites is 1. The Labute approximate surface area is 115 Å². The summed E-state index contributed by atoms with van der Waals surface area (Å²) in [7, 11) is 0. The molecule has 0 atom stereocenters. The molecule has 98 valence electrons. The summed E-state index contributed by atoms with van der Waals surface area (Å²) < 4.78 is 10.7. The van der Waals surface area contributed by atoms with Crippen LogP contribution in [0.15, 0.2) is 24.3 Å². The lowest BCUT2D eigenvalue weighted by atomic mass is 10.1. The Bertz CT molecular complexity index is 621. The van der Waals surface area contributed by atoms with Crippen molar-refractivity contribution in [2.75, 3.05) is 13.2 Å². The molecule has 0 unspecified atom stereocenters. The fourth-order valence-electron chi connectivity index (χ4n) is 2.05. The molecule has 19 heavy (non-hydrogen) atoms. The highest BCUT2D eigenvalue weighted by Gasteiger charge is 2.22. The smallest absolute Gasteiger partial charge is 0.367 e. The molecule has 2 aromatic rings. The minimum Gasteiger partial charge on any atom is -0.493 e. The number of benzene rings is 1. The van der Waals surface area contributed by atoms with Crippen LogP contribution in [-0.4, -0.2) is 24.2 Å². The van der Waals surface area contributed by atoms with Gasteiger partial charge in [-0.1, -0.05) is 12.1 Å². The lowest BCUT2D eigenvalue weighted by Crippen LogP contribution is -2.04. The normalized spacial score (nSPS) is 12.9. The first-order valence-corrected chi connectivity index (χ1v) is 7.00. The summed E-state index contributed by atoms with van der Waals surface area (Å²) in [5, 5.41) is 0.420. The second kappa shape index (κ2) is 5.01. The van der Waals surface area contributed by atoms with Crippen LogP contribution in [0.3, 0.4) is 0 Å². The molecule has 1 aromatic heterocycles. The molecule has 1 aliphatic heterocycles. The Morgan fingerprint density at radius 1 is 1.47 bits per heavy atom. The lowest BCUT2D eigenvalue weighted by molar-refractivity contribution is 0.0526. The highest BCUT2D eigenvalue weighted by Crippen LogP contribution is 2.37. The summed E-state index contributed by atoms with van der Waals surface area (Å²) in [4.78, 5) is 17.3. The van der Waals surface area contributed by atoms with Crippen LogP contribution in [0.2, 0.25) is 0 Å². The van der Waals surface area contributed by atoms with Gasteiger partial charge in [-0.05, 0) is 19.1 Å². The molecule has 0 aliphatic carbocycles. The number of ether oxygens (including phenoxy) is 2. The van der Waals surface area contributed by atoms with Gasteiger partial charge in [0, 0.05) is 16.9 Å². The van der Waals surface area contributed by atoms with E-state index < -0.39 is 0 Å². The van der Waals surface area contributed by atoms with E-state index in [1.165, 1.54) is 11.3 Å². The molecule has 0 saturated carbocycles. The van der Waals surface area contributed by atoms with Gasteiger partial charge in [-0.3, -0.25) is 0 Å². The van der Waals surface area contributed by atoms with Crippen molar-refractivity contribution in [2.45, 2.75) is 13.3 Å². The van der Waals surface area contributed by atoms with Crippen LogP contribution >= 0.6 is 11.3 Å². The predicted octanol–water partition coefficient (Wildman–Crippen LogP) is 2.92. The van der Waals surface area contributed by atoms with Crippen molar-refractivity contribution < 1.29 is 14.3 Å². The van der Waals surface area contributed by atoms with Crippen molar-refractivity contribution in [1.29, 1.82) is 0 Å². The number of carbonyl (C=O) groups excluding carboxylic acids is 1. The Hall–Kier alpha value is -1.88. The van der Waals surface area contributed by atoms with Crippen LogP contribution in [0.1, 0.15) is 21.6 Å². The summed E-state index contributed by atoms with van der Waals surface area (Å²) in [6.45, 7) is 2.76. The topological polar surface area (TPSA) is 48.4 Å². The Balaban J connectivity index is 2.06. The Morgan fingerprint density at radius 3 is 3.16 bits per heavy atom. The molecule has 2 heterocycles. The lowest BCUT2D eigenvalue weighted by Gasteiger charge is -2.05. The van der Waals surface area contributed by atoms with Crippen LogP contribution < -0.4 is 4.74 Å². The molecule has 0 N–H and O–H groups in total. The zero-order valence-corrected chi connectivity index (χ0v) is 11.3. The van der Waals surface area contributed by atoms with Gasteiger partial charge in [0.2, 0.25) is 5.01 Å². The van der Waals surface area contributed by atoms with E-state index in [4.69, 9.17) is 9.47 Å². The third-order valence-corrected chi connectivity index (χ3v) is 3.97. The van der Waals surface area contributed by atoms with E-state index in [-0.39, 0.29) is 5.97 Å². The van der Waals surface area contributed by atoms with E-state index in [0.717, 1.165) is 28.3 Å². The molecule has 0 radical (unpaired) electrons. The molecule has 0 spiro atoms. The Morgan fingerprint density at radius 2 is 2.32 bits per heavy atom. The van der Waals surface area contributed by atoms with E-state index in [2.05, 4.69) is 4.98 Å². The molecule has 1 aromatic carbocycles. The van der Waals surface area contributed by atoms with Crippen molar-refractivity contribution in [3.63, 3.8) is 0 Å². The SMILES string of the molecule is CCOC(=O)c1nc2c(s1)CCOc1ccccc1-2. The minimum absolute atomic E-state index is 0.348. The van der Waals surface area contributed by atoms with Gasteiger partial charge in [-0.2, -0.15) is 0 Å². The molecular weight excluding hydrogens is 262 g/mol. The van der Waals surface area contributed by atoms with E-state index in [0.29, 0.717) is 18.2 Å². The zero-order chi connectivity index (χ0) is 13.2.